The molecule has 0 aromatic heterocycles. The first-order valence-corrected chi connectivity index (χ1v) is 4.88. The van der Waals surface area contributed by atoms with Crippen molar-refractivity contribution >= 4 is 5.96 Å². The van der Waals surface area contributed by atoms with Gasteiger partial charge in [0.05, 0.1) is 13.7 Å². The van der Waals surface area contributed by atoms with Crippen LogP contribution in [0.3, 0.4) is 0 Å². The lowest BCUT2D eigenvalue weighted by atomic mass is 10.1. The average Bonchev–Trinajstić information content (AvgIpc) is 2.25. The standard InChI is InChI=1S/C11H17N3O/c1-3-8-4-5-10(15-2)9(6-8)7-14-11(12)13/h4-6H,3,7H2,1-2H3,(H4,12,13,14). The topological polar surface area (TPSA) is 73.6 Å². The van der Waals surface area contributed by atoms with E-state index in [1.807, 2.05) is 12.1 Å². The number of hydrogen-bond acceptors (Lipinski definition) is 2. The Hall–Kier alpha value is -1.71. The molecule has 1 aromatic carbocycles. The summed E-state index contributed by atoms with van der Waals surface area (Å²) in [5.74, 6) is 0.913. The van der Waals surface area contributed by atoms with Gasteiger partial charge in [0.1, 0.15) is 5.75 Å². The smallest absolute Gasteiger partial charge is 0.186 e. The normalized spacial score (nSPS) is 9.73. The van der Waals surface area contributed by atoms with Crippen molar-refractivity contribution in [3.05, 3.63) is 29.3 Å². The molecule has 0 radical (unpaired) electrons. The second-order valence-corrected chi connectivity index (χ2v) is 3.24. The van der Waals surface area contributed by atoms with Crippen LogP contribution in [0.4, 0.5) is 0 Å². The van der Waals surface area contributed by atoms with Crippen LogP contribution in [0.15, 0.2) is 23.2 Å². The molecule has 1 rings (SSSR count). The van der Waals surface area contributed by atoms with E-state index in [4.69, 9.17) is 16.2 Å². The minimum absolute atomic E-state index is 0.0963. The zero-order valence-electron chi connectivity index (χ0n) is 9.16. The van der Waals surface area contributed by atoms with E-state index in [-0.39, 0.29) is 5.96 Å². The van der Waals surface area contributed by atoms with Crippen LogP contribution in [0.2, 0.25) is 0 Å². The lowest BCUT2D eigenvalue weighted by molar-refractivity contribution is 0.409. The molecule has 0 unspecified atom stereocenters. The van der Waals surface area contributed by atoms with Gasteiger partial charge in [-0.25, -0.2) is 4.99 Å². The average molecular weight is 207 g/mol. The minimum Gasteiger partial charge on any atom is -0.496 e. The van der Waals surface area contributed by atoms with E-state index in [1.165, 1.54) is 5.56 Å². The summed E-state index contributed by atoms with van der Waals surface area (Å²) >= 11 is 0. The molecule has 0 heterocycles. The van der Waals surface area contributed by atoms with Crippen LogP contribution in [0.5, 0.6) is 5.75 Å². The van der Waals surface area contributed by atoms with Gasteiger partial charge in [-0.3, -0.25) is 0 Å². The zero-order chi connectivity index (χ0) is 11.3. The third-order valence-electron chi connectivity index (χ3n) is 2.19. The van der Waals surface area contributed by atoms with Crippen molar-refractivity contribution in [3.63, 3.8) is 0 Å². The Labute approximate surface area is 89.9 Å². The van der Waals surface area contributed by atoms with Crippen LogP contribution in [0, 0.1) is 0 Å². The van der Waals surface area contributed by atoms with E-state index in [0.29, 0.717) is 6.54 Å². The molecular weight excluding hydrogens is 190 g/mol. The van der Waals surface area contributed by atoms with Crippen molar-refractivity contribution in [2.45, 2.75) is 19.9 Å². The first-order valence-electron chi connectivity index (χ1n) is 4.88. The number of ether oxygens (including phenoxy) is 1. The van der Waals surface area contributed by atoms with Crippen LogP contribution in [-0.4, -0.2) is 13.1 Å². The maximum atomic E-state index is 5.29. The third kappa shape index (κ3) is 3.16. The zero-order valence-corrected chi connectivity index (χ0v) is 9.16. The van der Waals surface area contributed by atoms with E-state index in [1.54, 1.807) is 7.11 Å². The number of rotatable bonds is 4. The molecule has 15 heavy (non-hydrogen) atoms. The number of guanidine groups is 1. The highest BCUT2D eigenvalue weighted by Gasteiger charge is 2.02. The van der Waals surface area contributed by atoms with Gasteiger partial charge in [-0.1, -0.05) is 19.1 Å². The molecule has 0 saturated heterocycles. The van der Waals surface area contributed by atoms with Crippen LogP contribution in [-0.2, 0) is 13.0 Å². The summed E-state index contributed by atoms with van der Waals surface area (Å²) in [4.78, 5) is 3.97. The van der Waals surface area contributed by atoms with Gasteiger partial charge >= 0.3 is 0 Å². The monoisotopic (exact) mass is 207 g/mol. The summed E-state index contributed by atoms with van der Waals surface area (Å²) in [5, 5.41) is 0. The number of nitrogens with two attached hydrogens (primary N) is 2. The molecule has 0 spiro atoms. The Morgan fingerprint density at radius 3 is 2.67 bits per heavy atom. The van der Waals surface area contributed by atoms with Gasteiger partial charge < -0.3 is 16.2 Å². The molecule has 4 N–H and O–H groups in total. The molecule has 0 saturated carbocycles. The minimum atomic E-state index is 0.0963. The highest BCUT2D eigenvalue weighted by atomic mass is 16.5. The van der Waals surface area contributed by atoms with E-state index >= 15 is 0 Å². The number of aliphatic imine (C=N–C) groups is 1. The van der Waals surface area contributed by atoms with E-state index in [0.717, 1.165) is 17.7 Å². The Balaban J connectivity index is 2.96. The van der Waals surface area contributed by atoms with Gasteiger partial charge in [0.15, 0.2) is 5.96 Å². The van der Waals surface area contributed by atoms with Crippen LogP contribution in [0.25, 0.3) is 0 Å². The van der Waals surface area contributed by atoms with Crippen molar-refractivity contribution < 1.29 is 4.74 Å². The van der Waals surface area contributed by atoms with Crippen LogP contribution < -0.4 is 16.2 Å². The van der Waals surface area contributed by atoms with Crippen molar-refractivity contribution in [2.75, 3.05) is 7.11 Å². The SMILES string of the molecule is CCc1ccc(OC)c(CN=C(N)N)c1. The van der Waals surface area contributed by atoms with Crippen molar-refractivity contribution in [3.8, 4) is 5.75 Å². The fraction of sp³-hybridized carbons (Fsp3) is 0.364. The Kier molecular flexibility index (Phi) is 3.97. The fourth-order valence-electron chi connectivity index (χ4n) is 1.35. The predicted octanol–water partition coefficient (Wildman–Crippen LogP) is 1.03. The summed E-state index contributed by atoms with van der Waals surface area (Å²) in [6.45, 7) is 2.56. The summed E-state index contributed by atoms with van der Waals surface area (Å²) in [6.07, 6.45) is 0.985. The van der Waals surface area contributed by atoms with Gasteiger partial charge in [0, 0.05) is 5.56 Å². The van der Waals surface area contributed by atoms with Crippen molar-refractivity contribution in [2.24, 2.45) is 16.5 Å². The second kappa shape index (κ2) is 5.24. The lowest BCUT2D eigenvalue weighted by Gasteiger charge is -2.08. The molecule has 0 amide bonds. The van der Waals surface area contributed by atoms with Gasteiger partial charge in [-0.05, 0) is 18.1 Å². The van der Waals surface area contributed by atoms with Gasteiger partial charge in [-0.2, -0.15) is 0 Å². The Bertz CT molecular complexity index is 357. The number of hydrogen-bond donors (Lipinski definition) is 2. The highest BCUT2D eigenvalue weighted by Crippen LogP contribution is 2.20. The summed E-state index contributed by atoms with van der Waals surface area (Å²) in [6, 6.07) is 6.04. The molecule has 0 aliphatic heterocycles. The molecular formula is C11H17N3O. The summed E-state index contributed by atoms with van der Waals surface area (Å²) in [7, 11) is 1.64. The maximum Gasteiger partial charge on any atom is 0.186 e. The van der Waals surface area contributed by atoms with E-state index in [9.17, 15) is 0 Å². The number of benzene rings is 1. The van der Waals surface area contributed by atoms with Crippen molar-refractivity contribution in [1.29, 1.82) is 0 Å². The summed E-state index contributed by atoms with van der Waals surface area (Å²) in [5.41, 5.74) is 12.8. The van der Waals surface area contributed by atoms with E-state index < -0.39 is 0 Å². The molecule has 0 aliphatic carbocycles. The molecule has 0 fully saturated rings. The first kappa shape index (κ1) is 11.4. The quantitative estimate of drug-likeness (QED) is 0.572. The van der Waals surface area contributed by atoms with Gasteiger partial charge in [0.25, 0.3) is 0 Å². The largest absolute Gasteiger partial charge is 0.496 e. The molecule has 0 bridgehead atoms. The third-order valence-corrected chi connectivity index (χ3v) is 2.19. The molecule has 4 nitrogen and oxygen atoms in total. The number of nitrogens with zero attached hydrogens (tertiary/aromatic N) is 1. The highest BCUT2D eigenvalue weighted by molar-refractivity contribution is 5.75. The Morgan fingerprint density at radius 1 is 1.40 bits per heavy atom. The van der Waals surface area contributed by atoms with Gasteiger partial charge in [0.2, 0.25) is 0 Å². The van der Waals surface area contributed by atoms with Gasteiger partial charge in [-0.15, -0.1) is 0 Å². The molecule has 82 valence electrons. The van der Waals surface area contributed by atoms with Crippen LogP contribution >= 0.6 is 0 Å². The maximum absolute atomic E-state index is 5.29. The number of methoxy groups -OCH3 is 1. The predicted molar refractivity (Wildman–Crippen MR) is 61.9 cm³/mol. The molecule has 0 aliphatic rings. The lowest BCUT2D eigenvalue weighted by Crippen LogP contribution is -2.22. The second-order valence-electron chi connectivity index (χ2n) is 3.24. The molecule has 0 atom stereocenters. The first-order chi connectivity index (χ1) is 7.17. The summed E-state index contributed by atoms with van der Waals surface area (Å²) < 4.78 is 5.23. The van der Waals surface area contributed by atoms with Crippen molar-refractivity contribution in [1.82, 2.24) is 0 Å². The Morgan fingerprint density at radius 2 is 2.13 bits per heavy atom. The molecule has 4 heteroatoms. The molecule has 1 aromatic rings. The van der Waals surface area contributed by atoms with Crippen LogP contribution in [0.1, 0.15) is 18.1 Å². The van der Waals surface area contributed by atoms with E-state index in [2.05, 4.69) is 18.0 Å². The fourth-order valence-corrected chi connectivity index (χ4v) is 1.35. The number of aryl methyl sites for hydroxylation is 1.